The number of carbonyl (C=O) groups excluding carboxylic acids is 1. The Balaban J connectivity index is 1.89. The van der Waals surface area contributed by atoms with Gasteiger partial charge in [-0.2, -0.15) is 0 Å². The van der Waals surface area contributed by atoms with Crippen molar-refractivity contribution in [1.82, 2.24) is 4.98 Å². The van der Waals surface area contributed by atoms with E-state index in [1.54, 1.807) is 11.3 Å². The first-order chi connectivity index (χ1) is 8.28. The largest absolute Gasteiger partial charge is 0.330 e. The minimum atomic E-state index is 0.210. The van der Waals surface area contributed by atoms with Gasteiger partial charge in [0.15, 0.2) is 5.78 Å². The lowest BCUT2D eigenvalue weighted by Crippen LogP contribution is -2.25. The molecule has 1 aromatic heterocycles. The van der Waals surface area contributed by atoms with E-state index in [9.17, 15) is 4.79 Å². The standard InChI is InChI=1S/C13H18N2OS/c14-7-8-5-10(16)12-11(6-8)17-13(15-12)9-3-1-2-4-9/h8-9H,1-7,14H2. The molecular formula is C13H18N2OS. The van der Waals surface area contributed by atoms with Crippen LogP contribution in [0.5, 0.6) is 0 Å². The highest BCUT2D eigenvalue weighted by Crippen LogP contribution is 2.39. The fourth-order valence-electron chi connectivity index (χ4n) is 2.93. The van der Waals surface area contributed by atoms with E-state index in [4.69, 9.17) is 5.73 Å². The van der Waals surface area contributed by atoms with Crippen molar-refractivity contribution in [1.29, 1.82) is 0 Å². The van der Waals surface area contributed by atoms with Crippen molar-refractivity contribution in [2.45, 2.75) is 44.4 Å². The molecule has 0 aromatic carbocycles. The molecule has 2 N–H and O–H groups in total. The van der Waals surface area contributed by atoms with Crippen LogP contribution in [0, 0.1) is 5.92 Å². The van der Waals surface area contributed by atoms with Crippen molar-refractivity contribution >= 4 is 17.1 Å². The number of aromatic nitrogens is 1. The molecule has 17 heavy (non-hydrogen) atoms. The summed E-state index contributed by atoms with van der Waals surface area (Å²) in [7, 11) is 0. The van der Waals surface area contributed by atoms with Crippen molar-refractivity contribution < 1.29 is 4.79 Å². The molecule has 1 saturated carbocycles. The Morgan fingerprint density at radius 3 is 2.76 bits per heavy atom. The quantitative estimate of drug-likeness (QED) is 0.877. The molecule has 1 aromatic rings. The second-order valence-corrected chi connectivity index (χ2v) is 6.35. The van der Waals surface area contributed by atoms with Gasteiger partial charge in [-0.15, -0.1) is 11.3 Å². The number of nitrogens with zero attached hydrogens (tertiary/aromatic N) is 1. The molecule has 1 heterocycles. The van der Waals surface area contributed by atoms with Gasteiger partial charge in [-0.3, -0.25) is 4.79 Å². The molecule has 0 spiro atoms. The molecule has 1 atom stereocenters. The summed E-state index contributed by atoms with van der Waals surface area (Å²) in [4.78, 5) is 17.8. The van der Waals surface area contributed by atoms with Crippen LogP contribution >= 0.6 is 11.3 Å². The van der Waals surface area contributed by atoms with Gasteiger partial charge in [-0.1, -0.05) is 12.8 Å². The van der Waals surface area contributed by atoms with Crippen molar-refractivity contribution in [3.63, 3.8) is 0 Å². The van der Waals surface area contributed by atoms with Gasteiger partial charge < -0.3 is 5.73 Å². The third-order valence-electron chi connectivity index (χ3n) is 3.96. The highest BCUT2D eigenvalue weighted by molar-refractivity contribution is 7.12. The number of Topliss-reactive ketones (excluding diaryl/α,β-unsaturated/α-hetero) is 1. The summed E-state index contributed by atoms with van der Waals surface area (Å²) in [6, 6.07) is 0. The molecule has 0 saturated heterocycles. The Bertz CT molecular complexity index is 435. The molecule has 3 nitrogen and oxygen atoms in total. The Labute approximate surface area is 105 Å². The van der Waals surface area contributed by atoms with Crippen LogP contribution in [0.1, 0.15) is 58.4 Å². The van der Waals surface area contributed by atoms with Gasteiger partial charge >= 0.3 is 0 Å². The molecule has 1 unspecified atom stereocenters. The molecule has 0 radical (unpaired) electrons. The first-order valence-electron chi connectivity index (χ1n) is 6.50. The molecule has 1 fully saturated rings. The molecular weight excluding hydrogens is 232 g/mol. The Kier molecular flexibility index (Phi) is 3.01. The second kappa shape index (κ2) is 4.50. The van der Waals surface area contributed by atoms with Gasteiger partial charge in [-0.05, 0) is 31.7 Å². The maximum Gasteiger partial charge on any atom is 0.182 e. The normalized spacial score (nSPS) is 25.2. The molecule has 0 amide bonds. The number of rotatable bonds is 2. The number of hydrogen-bond donors (Lipinski definition) is 1. The van der Waals surface area contributed by atoms with Crippen molar-refractivity contribution in [3.8, 4) is 0 Å². The zero-order valence-electron chi connectivity index (χ0n) is 9.95. The van der Waals surface area contributed by atoms with Crippen LogP contribution in [-0.2, 0) is 6.42 Å². The predicted molar refractivity (Wildman–Crippen MR) is 68.5 cm³/mol. The third kappa shape index (κ3) is 2.04. The van der Waals surface area contributed by atoms with Gasteiger partial charge in [0, 0.05) is 17.2 Å². The summed E-state index contributed by atoms with van der Waals surface area (Å²) < 4.78 is 0. The fourth-order valence-corrected chi connectivity index (χ4v) is 4.30. The number of hydrogen-bond acceptors (Lipinski definition) is 4. The van der Waals surface area contributed by atoms with Gasteiger partial charge in [0.05, 0.1) is 5.01 Å². The van der Waals surface area contributed by atoms with E-state index in [1.807, 2.05) is 0 Å². The Morgan fingerprint density at radius 2 is 2.06 bits per heavy atom. The SMILES string of the molecule is NCC1CC(=O)c2nc(C3CCCC3)sc2C1. The Morgan fingerprint density at radius 1 is 1.29 bits per heavy atom. The maximum atomic E-state index is 12.0. The van der Waals surface area contributed by atoms with E-state index < -0.39 is 0 Å². The van der Waals surface area contributed by atoms with Crippen LogP contribution in [-0.4, -0.2) is 17.3 Å². The van der Waals surface area contributed by atoms with E-state index in [1.165, 1.54) is 35.6 Å². The second-order valence-electron chi connectivity index (χ2n) is 5.24. The zero-order chi connectivity index (χ0) is 11.8. The summed E-state index contributed by atoms with van der Waals surface area (Å²) in [5.74, 6) is 1.17. The zero-order valence-corrected chi connectivity index (χ0v) is 10.8. The van der Waals surface area contributed by atoms with E-state index >= 15 is 0 Å². The van der Waals surface area contributed by atoms with Crippen molar-refractivity contribution in [3.05, 3.63) is 15.6 Å². The number of carbonyl (C=O) groups is 1. The summed E-state index contributed by atoms with van der Waals surface area (Å²) in [6.07, 6.45) is 6.68. The van der Waals surface area contributed by atoms with Crippen molar-refractivity contribution in [2.24, 2.45) is 11.7 Å². The van der Waals surface area contributed by atoms with E-state index in [2.05, 4.69) is 4.98 Å². The van der Waals surface area contributed by atoms with Crippen LogP contribution in [0.15, 0.2) is 0 Å². The third-order valence-corrected chi connectivity index (χ3v) is 5.20. The highest BCUT2D eigenvalue weighted by atomic mass is 32.1. The average Bonchev–Trinajstić information content (AvgIpc) is 2.96. The minimum absolute atomic E-state index is 0.210. The van der Waals surface area contributed by atoms with Crippen LogP contribution < -0.4 is 5.73 Å². The lowest BCUT2D eigenvalue weighted by Gasteiger charge is -2.17. The van der Waals surface area contributed by atoms with E-state index in [0.29, 0.717) is 24.8 Å². The molecule has 0 bridgehead atoms. The molecule has 2 aliphatic rings. The van der Waals surface area contributed by atoms with Gasteiger partial charge in [-0.25, -0.2) is 4.98 Å². The number of fused-ring (bicyclic) bond motifs is 1. The van der Waals surface area contributed by atoms with Gasteiger partial charge in [0.2, 0.25) is 0 Å². The van der Waals surface area contributed by atoms with Crippen LogP contribution in [0.3, 0.4) is 0 Å². The topological polar surface area (TPSA) is 56.0 Å². The van der Waals surface area contributed by atoms with Crippen LogP contribution in [0.25, 0.3) is 0 Å². The Hall–Kier alpha value is -0.740. The minimum Gasteiger partial charge on any atom is -0.330 e. The lowest BCUT2D eigenvalue weighted by molar-refractivity contribution is 0.0946. The molecule has 92 valence electrons. The number of nitrogens with two attached hydrogens (primary N) is 1. The summed E-state index contributed by atoms with van der Waals surface area (Å²) in [5.41, 5.74) is 6.45. The molecule has 0 aliphatic heterocycles. The van der Waals surface area contributed by atoms with E-state index in [-0.39, 0.29) is 5.78 Å². The molecule has 4 heteroatoms. The summed E-state index contributed by atoms with van der Waals surface area (Å²) in [5, 5.41) is 1.21. The molecule has 3 rings (SSSR count). The van der Waals surface area contributed by atoms with Crippen molar-refractivity contribution in [2.75, 3.05) is 6.54 Å². The number of thiazole rings is 1. The van der Waals surface area contributed by atoms with E-state index in [0.717, 1.165) is 12.1 Å². The van der Waals surface area contributed by atoms with Crippen LogP contribution in [0.4, 0.5) is 0 Å². The lowest BCUT2D eigenvalue weighted by atomic mass is 9.90. The van der Waals surface area contributed by atoms with Gasteiger partial charge in [0.25, 0.3) is 0 Å². The monoisotopic (exact) mass is 250 g/mol. The highest BCUT2D eigenvalue weighted by Gasteiger charge is 2.30. The maximum absolute atomic E-state index is 12.0. The summed E-state index contributed by atoms with van der Waals surface area (Å²) in [6.45, 7) is 0.613. The van der Waals surface area contributed by atoms with Crippen LogP contribution in [0.2, 0.25) is 0 Å². The summed E-state index contributed by atoms with van der Waals surface area (Å²) >= 11 is 1.77. The average molecular weight is 250 g/mol. The molecule has 2 aliphatic carbocycles. The fraction of sp³-hybridized carbons (Fsp3) is 0.692. The smallest absolute Gasteiger partial charge is 0.182 e. The first-order valence-corrected chi connectivity index (χ1v) is 7.32. The number of ketones is 1. The van der Waals surface area contributed by atoms with Gasteiger partial charge in [0.1, 0.15) is 5.69 Å². The first kappa shape index (κ1) is 11.4. The predicted octanol–water partition coefficient (Wildman–Crippen LogP) is 2.50.